The summed E-state index contributed by atoms with van der Waals surface area (Å²) in [5.41, 5.74) is 2.68. The van der Waals surface area contributed by atoms with Crippen LogP contribution in [0.15, 0.2) is 47.4 Å². The molecule has 0 radical (unpaired) electrons. The van der Waals surface area contributed by atoms with Gasteiger partial charge in [0.25, 0.3) is 0 Å². The number of carbonyl (C=O) groups is 3. The maximum atomic E-state index is 12.8. The second-order valence-corrected chi connectivity index (χ2v) is 9.95. The van der Waals surface area contributed by atoms with Gasteiger partial charge in [-0.3, -0.25) is 14.4 Å². The summed E-state index contributed by atoms with van der Waals surface area (Å²) in [7, 11) is -3.66. The third-order valence-corrected chi connectivity index (χ3v) is 7.00. The van der Waals surface area contributed by atoms with Crippen molar-refractivity contribution in [3.05, 3.63) is 48.0 Å². The molecule has 1 heterocycles. The molecule has 0 aliphatic carbocycles. The summed E-state index contributed by atoms with van der Waals surface area (Å²) in [5.74, 6) is -0.934. The minimum Gasteiger partial charge on any atom is -0.326 e. The molecule has 0 unspecified atom stereocenters. The van der Waals surface area contributed by atoms with Crippen molar-refractivity contribution in [3.8, 4) is 0 Å². The van der Waals surface area contributed by atoms with Gasteiger partial charge in [0.1, 0.15) is 0 Å². The van der Waals surface area contributed by atoms with E-state index in [1.165, 1.54) is 13.0 Å². The van der Waals surface area contributed by atoms with E-state index in [4.69, 9.17) is 0 Å². The first-order valence-corrected chi connectivity index (χ1v) is 12.1. The second-order valence-electron chi connectivity index (χ2n) is 7.84. The Balaban J connectivity index is 1.63. The van der Waals surface area contributed by atoms with Crippen LogP contribution in [0.1, 0.15) is 39.2 Å². The van der Waals surface area contributed by atoms with E-state index in [-0.39, 0.29) is 34.9 Å². The number of carbonyl (C=O) groups excluding carboxylic acids is 3. The van der Waals surface area contributed by atoms with E-state index >= 15 is 0 Å². The van der Waals surface area contributed by atoms with Crippen molar-refractivity contribution in [1.82, 2.24) is 0 Å². The van der Waals surface area contributed by atoms with Gasteiger partial charge in [0.15, 0.2) is 9.84 Å². The van der Waals surface area contributed by atoms with Gasteiger partial charge in [-0.25, -0.2) is 8.42 Å². The third-order valence-electron chi connectivity index (χ3n) is 5.28. The molecule has 2 aromatic rings. The largest absolute Gasteiger partial charge is 0.326 e. The van der Waals surface area contributed by atoms with Gasteiger partial charge in [0, 0.05) is 42.9 Å². The average Bonchev–Trinajstić information content (AvgIpc) is 3.07. The predicted octanol–water partition coefficient (Wildman–Crippen LogP) is 3.14. The zero-order valence-electron chi connectivity index (χ0n) is 18.3. The minimum atomic E-state index is -3.66. The highest BCUT2D eigenvalue weighted by atomic mass is 32.2. The number of fused-ring (bicyclic) bond motifs is 1. The standard InChI is InChI=1S/C23H27N3O5S/c1-4-23(29)26-15(2)13-17-14-20(9-10-21(17)26)32(30,31)12-11-22(28)25-19-7-5-18(6-8-19)24-16(3)27/h5-10,14-15H,4,11-13H2,1-3H3,(H,24,27)(H,25,28)/t15-/m0/s1. The quantitative estimate of drug-likeness (QED) is 0.663. The normalized spacial score (nSPS) is 15.2. The SMILES string of the molecule is CCC(=O)N1c2ccc(S(=O)(=O)CCC(=O)Nc3ccc(NC(C)=O)cc3)cc2C[C@@H]1C. The van der Waals surface area contributed by atoms with Crippen LogP contribution in [0.25, 0.3) is 0 Å². The van der Waals surface area contributed by atoms with E-state index in [0.29, 0.717) is 24.2 Å². The van der Waals surface area contributed by atoms with Gasteiger partial charge in [0.05, 0.1) is 10.6 Å². The van der Waals surface area contributed by atoms with Crippen molar-refractivity contribution in [2.24, 2.45) is 0 Å². The van der Waals surface area contributed by atoms with Crippen LogP contribution in [0.2, 0.25) is 0 Å². The highest BCUT2D eigenvalue weighted by Gasteiger charge is 2.31. The molecule has 0 fully saturated rings. The summed E-state index contributed by atoms with van der Waals surface area (Å²) in [5, 5.41) is 5.29. The fourth-order valence-corrected chi connectivity index (χ4v) is 5.05. The zero-order chi connectivity index (χ0) is 23.5. The van der Waals surface area contributed by atoms with Crippen LogP contribution in [0.5, 0.6) is 0 Å². The first-order chi connectivity index (χ1) is 15.1. The van der Waals surface area contributed by atoms with E-state index in [1.54, 1.807) is 48.2 Å². The number of hydrogen-bond donors (Lipinski definition) is 2. The molecule has 0 spiro atoms. The Bertz CT molecular complexity index is 1140. The number of hydrogen-bond acceptors (Lipinski definition) is 5. The van der Waals surface area contributed by atoms with Crippen LogP contribution >= 0.6 is 0 Å². The number of anilines is 3. The molecular formula is C23H27N3O5S. The Hall–Kier alpha value is -3.20. The Morgan fingerprint density at radius 1 is 1.03 bits per heavy atom. The topological polar surface area (TPSA) is 113 Å². The number of nitrogens with zero attached hydrogens (tertiary/aromatic N) is 1. The van der Waals surface area contributed by atoms with Gasteiger partial charge in [-0.15, -0.1) is 0 Å². The van der Waals surface area contributed by atoms with Crippen molar-refractivity contribution in [1.29, 1.82) is 0 Å². The molecule has 1 aliphatic heterocycles. The fraction of sp³-hybridized carbons (Fsp3) is 0.348. The Kier molecular flexibility index (Phi) is 6.98. The smallest absolute Gasteiger partial charge is 0.226 e. The van der Waals surface area contributed by atoms with Crippen LogP contribution in [-0.4, -0.2) is 37.9 Å². The first kappa shape index (κ1) is 23.5. The van der Waals surface area contributed by atoms with Gasteiger partial charge < -0.3 is 15.5 Å². The van der Waals surface area contributed by atoms with E-state index < -0.39 is 15.7 Å². The molecule has 8 nitrogen and oxygen atoms in total. The summed E-state index contributed by atoms with van der Waals surface area (Å²) in [6.45, 7) is 5.14. The Labute approximate surface area is 187 Å². The highest BCUT2D eigenvalue weighted by molar-refractivity contribution is 7.91. The molecule has 3 rings (SSSR count). The summed E-state index contributed by atoms with van der Waals surface area (Å²) >= 11 is 0. The van der Waals surface area contributed by atoms with Crippen LogP contribution in [0, 0.1) is 0 Å². The van der Waals surface area contributed by atoms with Crippen LogP contribution in [0.3, 0.4) is 0 Å². The van der Waals surface area contributed by atoms with Gasteiger partial charge in [-0.1, -0.05) is 6.92 Å². The van der Waals surface area contributed by atoms with Gasteiger partial charge >= 0.3 is 0 Å². The average molecular weight is 458 g/mol. The predicted molar refractivity (Wildman–Crippen MR) is 123 cm³/mol. The molecule has 170 valence electrons. The van der Waals surface area contributed by atoms with Crippen molar-refractivity contribution < 1.29 is 22.8 Å². The molecule has 3 amide bonds. The van der Waals surface area contributed by atoms with Crippen LogP contribution in [0.4, 0.5) is 17.1 Å². The second kappa shape index (κ2) is 9.52. The molecule has 0 bridgehead atoms. The monoisotopic (exact) mass is 457 g/mol. The molecule has 32 heavy (non-hydrogen) atoms. The van der Waals surface area contributed by atoms with E-state index in [1.807, 2.05) is 6.92 Å². The van der Waals surface area contributed by atoms with Crippen LogP contribution < -0.4 is 15.5 Å². The fourth-order valence-electron chi connectivity index (χ4n) is 3.76. The van der Waals surface area contributed by atoms with Gasteiger partial charge in [-0.05, 0) is 61.4 Å². The molecule has 2 aromatic carbocycles. The minimum absolute atomic E-state index is 0.00800. The lowest BCUT2D eigenvalue weighted by Gasteiger charge is -2.22. The highest BCUT2D eigenvalue weighted by Crippen LogP contribution is 2.34. The summed E-state index contributed by atoms with van der Waals surface area (Å²) in [4.78, 5) is 37.4. The number of rotatable bonds is 7. The Morgan fingerprint density at radius 3 is 2.25 bits per heavy atom. The number of benzene rings is 2. The molecule has 1 atom stereocenters. The lowest BCUT2D eigenvalue weighted by atomic mass is 10.1. The molecule has 0 saturated carbocycles. The maximum absolute atomic E-state index is 12.8. The van der Waals surface area contributed by atoms with E-state index in [9.17, 15) is 22.8 Å². The van der Waals surface area contributed by atoms with Crippen molar-refractivity contribution >= 4 is 44.6 Å². The summed E-state index contributed by atoms with van der Waals surface area (Å²) in [6.07, 6.45) is 0.790. The molecule has 0 saturated heterocycles. The Morgan fingerprint density at radius 2 is 1.66 bits per heavy atom. The van der Waals surface area contributed by atoms with Crippen LogP contribution in [-0.2, 0) is 30.6 Å². The first-order valence-electron chi connectivity index (χ1n) is 10.5. The lowest BCUT2D eigenvalue weighted by Crippen LogP contribution is -2.35. The molecule has 9 heteroatoms. The van der Waals surface area contributed by atoms with Crippen molar-refractivity contribution in [2.75, 3.05) is 21.3 Å². The summed E-state index contributed by atoms with van der Waals surface area (Å²) in [6, 6.07) is 11.3. The van der Waals surface area contributed by atoms with E-state index in [0.717, 1.165) is 11.3 Å². The number of nitrogens with one attached hydrogen (secondary N) is 2. The molecule has 1 aliphatic rings. The molecule has 2 N–H and O–H groups in total. The van der Waals surface area contributed by atoms with Gasteiger partial charge in [0.2, 0.25) is 17.7 Å². The van der Waals surface area contributed by atoms with Crippen molar-refractivity contribution in [3.63, 3.8) is 0 Å². The molecule has 0 aromatic heterocycles. The zero-order valence-corrected chi connectivity index (χ0v) is 19.2. The van der Waals surface area contributed by atoms with Gasteiger partial charge in [-0.2, -0.15) is 0 Å². The number of amides is 3. The number of sulfone groups is 1. The lowest BCUT2D eigenvalue weighted by molar-refractivity contribution is -0.118. The van der Waals surface area contributed by atoms with Crippen molar-refractivity contribution in [2.45, 2.75) is 51.0 Å². The maximum Gasteiger partial charge on any atom is 0.226 e. The van der Waals surface area contributed by atoms with E-state index in [2.05, 4.69) is 10.6 Å². The summed E-state index contributed by atoms with van der Waals surface area (Å²) < 4.78 is 25.6. The third kappa shape index (κ3) is 5.34. The molecular weight excluding hydrogens is 430 g/mol.